The van der Waals surface area contributed by atoms with E-state index in [4.69, 9.17) is 4.74 Å². The van der Waals surface area contributed by atoms with Crippen molar-refractivity contribution >= 4 is 27.3 Å². The normalized spacial score (nSPS) is 16.0. The van der Waals surface area contributed by atoms with Gasteiger partial charge in [-0.1, -0.05) is 30.3 Å². The van der Waals surface area contributed by atoms with Crippen LogP contribution < -0.4 is 13.9 Å². The van der Waals surface area contributed by atoms with Crippen molar-refractivity contribution < 1.29 is 17.9 Å². The van der Waals surface area contributed by atoms with Crippen LogP contribution in [0.25, 0.3) is 0 Å². The van der Waals surface area contributed by atoms with Crippen LogP contribution in [-0.2, 0) is 21.2 Å². The summed E-state index contributed by atoms with van der Waals surface area (Å²) in [4.78, 5) is 14.7. The summed E-state index contributed by atoms with van der Waals surface area (Å²) in [6.07, 6.45) is 2.72. The van der Waals surface area contributed by atoms with E-state index >= 15 is 0 Å². The molecule has 0 aliphatic carbocycles. The molecule has 0 spiro atoms. The molecule has 0 saturated heterocycles. The molecule has 28 heavy (non-hydrogen) atoms. The van der Waals surface area contributed by atoms with Crippen LogP contribution in [0.1, 0.15) is 25.3 Å². The Kier molecular flexibility index (Phi) is 5.93. The molecular weight excluding hydrogens is 376 g/mol. The zero-order valence-electron chi connectivity index (χ0n) is 16.5. The molecule has 0 fully saturated rings. The first-order chi connectivity index (χ1) is 13.3. The number of ether oxygens (including phenoxy) is 1. The maximum Gasteiger partial charge on any atom is 0.232 e. The summed E-state index contributed by atoms with van der Waals surface area (Å²) in [7, 11) is -1.99. The predicted octanol–water partition coefficient (Wildman–Crippen LogP) is 3.22. The van der Waals surface area contributed by atoms with E-state index in [0.717, 1.165) is 12.1 Å². The van der Waals surface area contributed by atoms with Crippen LogP contribution in [-0.4, -0.2) is 40.3 Å². The van der Waals surface area contributed by atoms with Crippen molar-refractivity contribution in [3.8, 4) is 5.75 Å². The van der Waals surface area contributed by atoms with Crippen LogP contribution in [0.5, 0.6) is 5.75 Å². The van der Waals surface area contributed by atoms with Gasteiger partial charge in [0.15, 0.2) is 0 Å². The molecule has 7 heteroatoms. The first-order valence-electron chi connectivity index (χ1n) is 9.33. The van der Waals surface area contributed by atoms with Gasteiger partial charge < -0.3 is 9.64 Å². The summed E-state index contributed by atoms with van der Waals surface area (Å²) in [6, 6.07) is 15.0. The average Bonchev–Trinajstić information content (AvgIpc) is 3.00. The zero-order chi connectivity index (χ0) is 20.3. The molecule has 1 amide bonds. The van der Waals surface area contributed by atoms with Gasteiger partial charge in [0.2, 0.25) is 15.9 Å². The van der Waals surface area contributed by atoms with E-state index in [9.17, 15) is 13.2 Å². The number of anilines is 2. The maximum absolute atomic E-state index is 12.8. The highest BCUT2D eigenvalue weighted by Gasteiger charge is 2.30. The zero-order valence-corrected chi connectivity index (χ0v) is 17.3. The van der Waals surface area contributed by atoms with Crippen molar-refractivity contribution in [3.05, 3.63) is 54.1 Å². The lowest BCUT2D eigenvalue weighted by atomic mass is 10.1. The standard InChI is InChI=1S/C21H26N2O4S/c1-16-15-17-9-4-5-10-18(17)23(16)21(24)13-8-14-22(28(3,25)26)19-11-6-7-12-20(19)27-2/h4-7,9-12,16H,8,13-15H2,1-3H3. The number of sulfonamides is 1. The fourth-order valence-electron chi connectivity index (χ4n) is 3.74. The van der Waals surface area contributed by atoms with Crippen molar-refractivity contribution in [1.82, 2.24) is 0 Å². The van der Waals surface area contributed by atoms with Crippen LogP contribution in [0.4, 0.5) is 11.4 Å². The topological polar surface area (TPSA) is 66.9 Å². The van der Waals surface area contributed by atoms with Gasteiger partial charge in [-0.05, 0) is 43.5 Å². The van der Waals surface area contributed by atoms with Gasteiger partial charge in [-0.25, -0.2) is 8.42 Å². The van der Waals surface area contributed by atoms with Gasteiger partial charge in [-0.3, -0.25) is 9.10 Å². The molecule has 0 bridgehead atoms. The van der Waals surface area contributed by atoms with Crippen LogP contribution in [0.3, 0.4) is 0 Å². The monoisotopic (exact) mass is 402 g/mol. The summed E-state index contributed by atoms with van der Waals surface area (Å²) >= 11 is 0. The van der Waals surface area contributed by atoms with Crippen LogP contribution in [0, 0.1) is 0 Å². The fraction of sp³-hybridized carbons (Fsp3) is 0.381. The molecule has 2 aromatic carbocycles. The number of rotatable bonds is 7. The van der Waals surface area contributed by atoms with Gasteiger partial charge in [0.1, 0.15) is 5.75 Å². The minimum atomic E-state index is -3.50. The van der Waals surface area contributed by atoms with Gasteiger partial charge in [0.05, 0.1) is 19.1 Å². The Hall–Kier alpha value is -2.54. The summed E-state index contributed by atoms with van der Waals surface area (Å²) in [5, 5.41) is 0. The number of carbonyl (C=O) groups is 1. The van der Waals surface area contributed by atoms with Gasteiger partial charge in [0, 0.05) is 24.7 Å². The number of hydrogen-bond acceptors (Lipinski definition) is 4. The Balaban J connectivity index is 1.71. The maximum atomic E-state index is 12.8. The van der Waals surface area contributed by atoms with Gasteiger partial charge in [0.25, 0.3) is 0 Å². The van der Waals surface area contributed by atoms with E-state index in [-0.39, 0.29) is 24.9 Å². The molecule has 0 aromatic heterocycles. The second-order valence-electron chi connectivity index (χ2n) is 7.06. The van der Waals surface area contributed by atoms with Crippen LogP contribution in [0.2, 0.25) is 0 Å². The highest BCUT2D eigenvalue weighted by atomic mass is 32.2. The van der Waals surface area contributed by atoms with E-state index in [1.165, 1.54) is 23.2 Å². The highest BCUT2D eigenvalue weighted by Crippen LogP contribution is 2.33. The summed E-state index contributed by atoms with van der Waals surface area (Å²) in [5.41, 5.74) is 2.62. The van der Waals surface area contributed by atoms with E-state index in [0.29, 0.717) is 17.9 Å². The average molecular weight is 403 g/mol. The Bertz CT molecular complexity index is 958. The lowest BCUT2D eigenvalue weighted by molar-refractivity contribution is -0.118. The molecule has 1 atom stereocenters. The number of fused-ring (bicyclic) bond motifs is 1. The van der Waals surface area contributed by atoms with Crippen molar-refractivity contribution in [1.29, 1.82) is 0 Å². The van der Waals surface area contributed by atoms with Crippen LogP contribution in [0.15, 0.2) is 48.5 Å². The number of hydrogen-bond donors (Lipinski definition) is 0. The smallest absolute Gasteiger partial charge is 0.232 e. The van der Waals surface area contributed by atoms with Crippen molar-refractivity contribution in [2.45, 2.75) is 32.2 Å². The quantitative estimate of drug-likeness (QED) is 0.713. The summed E-state index contributed by atoms with van der Waals surface area (Å²) in [6.45, 7) is 2.25. The number of benzene rings is 2. The molecule has 1 unspecified atom stereocenters. The number of carbonyl (C=O) groups excluding carboxylic acids is 1. The van der Waals surface area contributed by atoms with Crippen molar-refractivity contribution in [2.75, 3.05) is 29.1 Å². The molecule has 3 rings (SSSR count). The van der Waals surface area contributed by atoms with E-state index in [1.54, 1.807) is 24.3 Å². The lowest BCUT2D eigenvalue weighted by Gasteiger charge is -2.26. The van der Waals surface area contributed by atoms with Crippen molar-refractivity contribution in [2.24, 2.45) is 0 Å². The molecule has 2 aromatic rings. The molecule has 0 N–H and O–H groups in total. The Morgan fingerprint density at radius 3 is 2.57 bits per heavy atom. The first-order valence-corrected chi connectivity index (χ1v) is 11.2. The third-order valence-electron chi connectivity index (χ3n) is 4.98. The molecule has 0 saturated carbocycles. The lowest BCUT2D eigenvalue weighted by Crippen LogP contribution is -2.37. The molecule has 6 nitrogen and oxygen atoms in total. The van der Waals surface area contributed by atoms with Crippen LogP contribution >= 0.6 is 0 Å². The Morgan fingerprint density at radius 2 is 1.86 bits per heavy atom. The third-order valence-corrected chi connectivity index (χ3v) is 6.16. The molecule has 0 radical (unpaired) electrons. The number of amides is 1. The van der Waals surface area contributed by atoms with E-state index < -0.39 is 10.0 Å². The highest BCUT2D eigenvalue weighted by molar-refractivity contribution is 7.92. The van der Waals surface area contributed by atoms with Crippen molar-refractivity contribution in [3.63, 3.8) is 0 Å². The second kappa shape index (κ2) is 8.22. The Labute approximate surface area is 166 Å². The SMILES string of the molecule is COc1ccccc1N(CCCC(=O)N1c2ccccc2CC1C)S(C)(=O)=O. The number of para-hydroxylation sites is 3. The molecule has 1 aliphatic rings. The minimum Gasteiger partial charge on any atom is -0.495 e. The largest absolute Gasteiger partial charge is 0.495 e. The Morgan fingerprint density at radius 1 is 1.18 bits per heavy atom. The van der Waals surface area contributed by atoms with Gasteiger partial charge in [-0.15, -0.1) is 0 Å². The van der Waals surface area contributed by atoms with Gasteiger partial charge >= 0.3 is 0 Å². The first kappa shape index (κ1) is 20.2. The minimum absolute atomic E-state index is 0.0194. The summed E-state index contributed by atoms with van der Waals surface area (Å²) in [5.74, 6) is 0.507. The molecular formula is C21H26N2O4S. The predicted molar refractivity (Wildman–Crippen MR) is 112 cm³/mol. The van der Waals surface area contributed by atoms with E-state index in [2.05, 4.69) is 0 Å². The molecule has 150 valence electrons. The summed E-state index contributed by atoms with van der Waals surface area (Å²) < 4.78 is 31.3. The third kappa shape index (κ3) is 4.14. The van der Waals surface area contributed by atoms with E-state index in [1.807, 2.05) is 36.1 Å². The van der Waals surface area contributed by atoms with Gasteiger partial charge in [-0.2, -0.15) is 0 Å². The molecule has 1 heterocycles. The second-order valence-corrected chi connectivity index (χ2v) is 8.96. The molecule has 1 aliphatic heterocycles. The number of methoxy groups -OCH3 is 1. The number of nitrogens with zero attached hydrogens (tertiary/aromatic N) is 2. The fourth-order valence-corrected chi connectivity index (χ4v) is 4.71.